The minimum atomic E-state index is -1.25. The number of aromatic nitrogens is 1. The number of carboxylic acids is 2. The Morgan fingerprint density at radius 3 is 2.76 bits per heavy atom. The smallest absolute Gasteiger partial charge is 0.352 e. The van der Waals surface area contributed by atoms with Crippen LogP contribution in [0, 0.1) is 0 Å². The Morgan fingerprint density at radius 1 is 1.39 bits per heavy atom. The molecule has 0 bridgehead atoms. The molecule has 2 aliphatic rings. The molecule has 178 valence electrons. The molecule has 1 aromatic rings. The van der Waals surface area contributed by atoms with Crippen molar-refractivity contribution in [2.75, 3.05) is 31.8 Å². The molecule has 1 fully saturated rings. The molecule has 0 aromatic carbocycles. The van der Waals surface area contributed by atoms with Gasteiger partial charge in [0, 0.05) is 24.7 Å². The van der Waals surface area contributed by atoms with Crippen LogP contribution in [0.3, 0.4) is 0 Å². The Kier molecular flexibility index (Phi) is 7.88. The van der Waals surface area contributed by atoms with E-state index in [1.54, 1.807) is 0 Å². The number of carbonyl (C=O) groups is 4. The van der Waals surface area contributed by atoms with E-state index in [-0.39, 0.29) is 48.3 Å². The third kappa shape index (κ3) is 5.43. The van der Waals surface area contributed by atoms with Gasteiger partial charge in [0.05, 0.1) is 6.61 Å². The van der Waals surface area contributed by atoms with Crippen LogP contribution in [0.5, 0.6) is 0 Å². The number of carbonyl (C=O) groups excluding carboxylic acids is 2. The van der Waals surface area contributed by atoms with Gasteiger partial charge in [-0.1, -0.05) is 5.16 Å². The first kappa shape index (κ1) is 24.5. The predicted molar refractivity (Wildman–Crippen MR) is 117 cm³/mol. The molecular weight excluding hydrogens is 478 g/mol. The summed E-state index contributed by atoms with van der Waals surface area (Å²) in [6.07, 6.45) is 0.0479. The van der Waals surface area contributed by atoms with Crippen LogP contribution in [0.2, 0.25) is 0 Å². The van der Waals surface area contributed by atoms with Gasteiger partial charge in [0.15, 0.2) is 10.8 Å². The minimum absolute atomic E-state index is 0.0493. The van der Waals surface area contributed by atoms with Crippen LogP contribution in [0.1, 0.15) is 18.5 Å². The van der Waals surface area contributed by atoms with E-state index in [1.807, 2.05) is 0 Å². The van der Waals surface area contributed by atoms with Crippen LogP contribution < -0.4 is 11.1 Å². The molecule has 1 unspecified atom stereocenters. The Hall–Kier alpha value is -3.17. The summed E-state index contributed by atoms with van der Waals surface area (Å²) in [7, 11) is 1.43. The second kappa shape index (κ2) is 10.6. The monoisotopic (exact) mass is 499 g/mol. The fourth-order valence-corrected chi connectivity index (χ4v) is 5.05. The third-order valence-corrected chi connectivity index (χ3v) is 6.63. The lowest BCUT2D eigenvalue weighted by Gasteiger charge is -2.49. The molecule has 0 saturated carbocycles. The van der Waals surface area contributed by atoms with E-state index >= 15 is 0 Å². The van der Waals surface area contributed by atoms with E-state index in [4.69, 9.17) is 20.4 Å². The number of hydrogen-bond donors (Lipinski definition) is 4. The van der Waals surface area contributed by atoms with Crippen LogP contribution in [0.15, 0.2) is 21.8 Å². The van der Waals surface area contributed by atoms with Crippen LogP contribution in [0.4, 0.5) is 5.13 Å². The van der Waals surface area contributed by atoms with E-state index in [2.05, 4.69) is 15.5 Å². The lowest BCUT2D eigenvalue weighted by atomic mass is 10.0. The summed E-state index contributed by atoms with van der Waals surface area (Å²) in [6.45, 7) is 0.0236. The third-order valence-electron chi connectivity index (χ3n) is 4.62. The normalized spacial score (nSPS) is 20.2. The quantitative estimate of drug-likeness (QED) is 0.135. The highest BCUT2D eigenvalue weighted by atomic mass is 32.2. The van der Waals surface area contributed by atoms with Gasteiger partial charge >= 0.3 is 11.9 Å². The van der Waals surface area contributed by atoms with E-state index in [9.17, 15) is 24.3 Å². The average Bonchev–Trinajstić information content (AvgIpc) is 3.19. The Morgan fingerprint density at radius 2 is 2.15 bits per heavy atom. The van der Waals surface area contributed by atoms with Crippen molar-refractivity contribution >= 4 is 57.7 Å². The van der Waals surface area contributed by atoms with Gasteiger partial charge in [0.1, 0.15) is 29.4 Å². The summed E-state index contributed by atoms with van der Waals surface area (Å²) in [5, 5.41) is 25.6. The maximum absolute atomic E-state index is 12.9. The molecule has 1 aromatic heterocycles. The number of anilines is 1. The van der Waals surface area contributed by atoms with Crippen molar-refractivity contribution in [3.05, 3.63) is 22.3 Å². The number of amides is 2. The number of carboxylic acid groups (broad SMARTS) is 2. The largest absolute Gasteiger partial charge is 0.481 e. The Balaban J connectivity index is 1.73. The maximum atomic E-state index is 12.9. The van der Waals surface area contributed by atoms with Crippen LogP contribution in [0.25, 0.3) is 0 Å². The molecule has 2 aliphatic heterocycles. The molecule has 5 N–H and O–H groups in total. The number of nitrogens with zero attached hydrogens (tertiary/aromatic N) is 3. The number of ether oxygens (including phenoxy) is 1. The zero-order valence-corrected chi connectivity index (χ0v) is 19.0. The number of hydrogen-bond acceptors (Lipinski definition) is 11. The Bertz CT molecular complexity index is 1020. The zero-order chi connectivity index (χ0) is 24.1. The molecule has 3 heterocycles. The van der Waals surface area contributed by atoms with Gasteiger partial charge in [-0.05, 0) is 12.0 Å². The SMILES string of the molecule is COCC1=C(C(=O)O)N2C(=O)C(NC(=O)/C(=N\OCCCC(=O)O)c3csc(N)n3)[C@H]2SC1. The van der Waals surface area contributed by atoms with Crippen LogP contribution in [-0.4, -0.2) is 87.1 Å². The number of nitrogen functional groups attached to an aromatic ring is 1. The fraction of sp³-hybridized carbons (Fsp3) is 0.444. The molecule has 2 amide bonds. The van der Waals surface area contributed by atoms with E-state index in [1.165, 1.54) is 24.3 Å². The molecule has 2 atom stereocenters. The van der Waals surface area contributed by atoms with Crippen molar-refractivity contribution in [1.29, 1.82) is 0 Å². The highest BCUT2D eigenvalue weighted by Gasteiger charge is 2.54. The highest BCUT2D eigenvalue weighted by molar-refractivity contribution is 8.00. The van der Waals surface area contributed by atoms with E-state index < -0.39 is 35.2 Å². The molecule has 3 rings (SSSR count). The number of nitrogens with one attached hydrogen (secondary N) is 1. The lowest BCUT2D eigenvalue weighted by Crippen LogP contribution is -2.71. The number of fused-ring (bicyclic) bond motifs is 1. The van der Waals surface area contributed by atoms with Crippen LogP contribution >= 0.6 is 23.1 Å². The van der Waals surface area contributed by atoms with Crippen molar-refractivity contribution in [3.63, 3.8) is 0 Å². The van der Waals surface area contributed by atoms with Gasteiger partial charge in [-0.25, -0.2) is 9.78 Å². The minimum Gasteiger partial charge on any atom is -0.481 e. The number of aliphatic carboxylic acids is 2. The molecule has 15 heteroatoms. The molecule has 0 spiro atoms. The van der Waals surface area contributed by atoms with Gasteiger partial charge in [-0.3, -0.25) is 19.3 Å². The fourth-order valence-electron chi connectivity index (χ4n) is 3.18. The number of methoxy groups -OCH3 is 1. The first-order valence-corrected chi connectivity index (χ1v) is 11.5. The summed E-state index contributed by atoms with van der Waals surface area (Å²) in [4.78, 5) is 58.2. The van der Waals surface area contributed by atoms with Gasteiger partial charge in [0.2, 0.25) is 0 Å². The topological polar surface area (TPSA) is 194 Å². The van der Waals surface area contributed by atoms with Crippen molar-refractivity contribution in [1.82, 2.24) is 15.2 Å². The number of thioether (sulfide) groups is 1. The Labute approximate surface area is 195 Å². The van der Waals surface area contributed by atoms with Crippen LogP contribution in [-0.2, 0) is 28.8 Å². The zero-order valence-electron chi connectivity index (χ0n) is 17.3. The standard InChI is InChI=1S/C18H21N5O8S2/c1-30-5-8-6-32-16-12(15(27)23(16)13(8)17(28)29)21-14(26)11(9-7-33-18(19)20-9)22-31-4-2-3-10(24)25/h7,12,16H,2-6H2,1H3,(H2,19,20)(H,21,26)(H,24,25)(H,28,29)/b22-11-/t12?,16-/m1/s1. The molecular formula is C18H21N5O8S2. The van der Waals surface area contributed by atoms with Gasteiger partial charge in [-0.2, -0.15) is 0 Å². The lowest BCUT2D eigenvalue weighted by molar-refractivity contribution is -0.150. The molecule has 0 radical (unpaired) electrons. The summed E-state index contributed by atoms with van der Waals surface area (Å²) < 4.78 is 5.03. The average molecular weight is 500 g/mol. The number of rotatable bonds is 11. The number of oxime groups is 1. The first-order valence-electron chi connectivity index (χ1n) is 9.57. The highest BCUT2D eigenvalue weighted by Crippen LogP contribution is 2.40. The molecule has 33 heavy (non-hydrogen) atoms. The summed E-state index contributed by atoms with van der Waals surface area (Å²) in [5.41, 5.74) is 5.86. The number of nitrogens with two attached hydrogens (primary N) is 1. The van der Waals surface area contributed by atoms with Gasteiger partial charge < -0.3 is 30.8 Å². The molecule has 0 aliphatic carbocycles. The molecule has 13 nitrogen and oxygen atoms in total. The molecule has 1 saturated heterocycles. The van der Waals surface area contributed by atoms with Crippen molar-refractivity contribution in [2.45, 2.75) is 24.3 Å². The first-order chi connectivity index (χ1) is 15.7. The second-order valence-electron chi connectivity index (χ2n) is 6.89. The van der Waals surface area contributed by atoms with Gasteiger partial charge in [0.25, 0.3) is 11.8 Å². The number of thiazole rings is 1. The maximum Gasteiger partial charge on any atom is 0.352 e. The van der Waals surface area contributed by atoms with Crippen molar-refractivity contribution in [2.24, 2.45) is 5.16 Å². The summed E-state index contributed by atoms with van der Waals surface area (Å²) >= 11 is 2.38. The predicted octanol–water partition coefficient (Wildman–Crippen LogP) is -0.304. The van der Waals surface area contributed by atoms with Crippen molar-refractivity contribution in [3.8, 4) is 0 Å². The summed E-state index contributed by atoms with van der Waals surface area (Å²) in [6, 6.07) is -0.978. The number of β-lactam (4-membered cyclic amide) rings is 1. The van der Waals surface area contributed by atoms with E-state index in [0.717, 1.165) is 16.2 Å². The van der Waals surface area contributed by atoms with Crippen molar-refractivity contribution < 1.29 is 39.0 Å². The second-order valence-corrected chi connectivity index (χ2v) is 8.89. The summed E-state index contributed by atoms with van der Waals surface area (Å²) in [5.74, 6) is -3.26. The van der Waals surface area contributed by atoms with Gasteiger partial charge in [-0.15, -0.1) is 23.1 Å². The van der Waals surface area contributed by atoms with E-state index in [0.29, 0.717) is 11.3 Å².